The number of rotatable bonds is 4. The quantitative estimate of drug-likeness (QED) is 0.508. The molecule has 0 fully saturated rings. The van der Waals surface area contributed by atoms with E-state index in [1.807, 2.05) is 13.8 Å². The molecule has 0 aliphatic rings. The maximum atomic E-state index is 9.83. The molecule has 0 radical (unpaired) electrons. The van der Waals surface area contributed by atoms with Gasteiger partial charge in [-0.3, -0.25) is 0 Å². The van der Waals surface area contributed by atoms with Crippen molar-refractivity contribution in [3.05, 3.63) is 0 Å². The molecular weight excluding hydrogens is 142 g/mol. The van der Waals surface area contributed by atoms with Crippen molar-refractivity contribution in [3.63, 3.8) is 0 Å². The summed E-state index contributed by atoms with van der Waals surface area (Å²) >= 11 is 0. The van der Waals surface area contributed by atoms with Gasteiger partial charge < -0.3 is 5.48 Å². The van der Waals surface area contributed by atoms with Crippen molar-refractivity contribution in [2.24, 2.45) is 0 Å². The molecule has 0 aromatic heterocycles. The monoisotopic (exact) mass is 163 g/mol. The van der Waals surface area contributed by atoms with Gasteiger partial charge in [0.2, 0.25) is 0 Å². The van der Waals surface area contributed by atoms with Gasteiger partial charge >= 0.3 is 0 Å². The Hall–Kier alpha value is -0.120. The van der Waals surface area contributed by atoms with Gasteiger partial charge in [0, 0.05) is 0 Å². The Kier molecular flexibility index (Phi) is 6.76. The van der Waals surface area contributed by atoms with E-state index >= 15 is 0 Å². The van der Waals surface area contributed by atoms with Gasteiger partial charge in [0.05, 0.1) is 0 Å². The molecule has 0 aliphatic heterocycles. The van der Waals surface area contributed by atoms with Gasteiger partial charge in [-0.1, -0.05) is 6.92 Å². The summed E-state index contributed by atoms with van der Waals surface area (Å²) in [6.07, 6.45) is 1.04. The van der Waals surface area contributed by atoms with Crippen LogP contribution in [0.15, 0.2) is 0 Å². The van der Waals surface area contributed by atoms with Gasteiger partial charge in [-0.15, -0.1) is 0 Å². The molecular formula is C8H21NO2. The maximum absolute atomic E-state index is 9.83. The van der Waals surface area contributed by atoms with E-state index in [4.69, 9.17) is 0 Å². The molecule has 3 heteroatoms. The Morgan fingerprint density at radius 1 is 1.18 bits per heavy atom. The van der Waals surface area contributed by atoms with Crippen LogP contribution in [0.5, 0.6) is 0 Å². The number of hydrogen-bond donors (Lipinski definition) is 1. The van der Waals surface area contributed by atoms with Crippen LogP contribution in [0.3, 0.4) is 0 Å². The molecule has 0 aromatic rings. The molecule has 1 atom stereocenters. The molecule has 0 heterocycles. The lowest BCUT2D eigenvalue weighted by Gasteiger charge is -2.33. The van der Waals surface area contributed by atoms with Crippen molar-refractivity contribution in [1.82, 2.24) is 0 Å². The summed E-state index contributed by atoms with van der Waals surface area (Å²) < 4.78 is 0.219. The van der Waals surface area contributed by atoms with E-state index in [0.29, 0.717) is 6.04 Å². The van der Waals surface area contributed by atoms with Crippen molar-refractivity contribution in [2.45, 2.75) is 40.2 Å². The van der Waals surface area contributed by atoms with E-state index in [2.05, 4.69) is 13.8 Å². The van der Waals surface area contributed by atoms with Gasteiger partial charge in [-0.05, 0) is 27.2 Å². The SMILES string of the molecule is CCC(C)[N+](O)(CC)CC.[OH-]. The second kappa shape index (κ2) is 5.52. The highest BCUT2D eigenvalue weighted by molar-refractivity contribution is 4.43. The lowest BCUT2D eigenvalue weighted by atomic mass is 10.2. The molecule has 0 aliphatic carbocycles. The molecule has 0 amide bonds. The van der Waals surface area contributed by atoms with E-state index < -0.39 is 0 Å². The summed E-state index contributed by atoms with van der Waals surface area (Å²) in [5.74, 6) is 0. The fraction of sp³-hybridized carbons (Fsp3) is 1.00. The molecule has 0 aromatic carbocycles. The maximum Gasteiger partial charge on any atom is 0.116 e. The lowest BCUT2D eigenvalue weighted by Crippen LogP contribution is -2.50. The van der Waals surface area contributed by atoms with Gasteiger partial charge in [0.15, 0.2) is 0 Å². The van der Waals surface area contributed by atoms with Crippen LogP contribution in [0.2, 0.25) is 0 Å². The normalized spacial score (nSPS) is 13.9. The number of hydroxylamine groups is 3. The highest BCUT2D eigenvalue weighted by Crippen LogP contribution is 2.11. The first kappa shape index (κ1) is 13.5. The fourth-order valence-corrected chi connectivity index (χ4v) is 1.19. The smallest absolute Gasteiger partial charge is 0.116 e. The van der Waals surface area contributed by atoms with Crippen LogP contribution in [0.1, 0.15) is 34.1 Å². The van der Waals surface area contributed by atoms with Gasteiger partial charge in [-0.25, -0.2) is 5.21 Å². The molecule has 0 rings (SSSR count). The minimum Gasteiger partial charge on any atom is -0.870 e. The minimum absolute atomic E-state index is 0. The largest absolute Gasteiger partial charge is 0.870 e. The number of quaternary nitrogens is 1. The third-order valence-corrected chi connectivity index (χ3v) is 2.51. The van der Waals surface area contributed by atoms with Crippen LogP contribution in [0.4, 0.5) is 0 Å². The van der Waals surface area contributed by atoms with Crippen LogP contribution in [0, 0.1) is 0 Å². The molecule has 1 unspecified atom stereocenters. The highest BCUT2D eigenvalue weighted by Gasteiger charge is 2.26. The molecule has 0 saturated heterocycles. The van der Waals surface area contributed by atoms with E-state index in [1.54, 1.807) is 0 Å². The summed E-state index contributed by atoms with van der Waals surface area (Å²) in [6.45, 7) is 9.87. The zero-order valence-electron chi connectivity index (χ0n) is 8.04. The third kappa shape index (κ3) is 3.18. The second-order valence-corrected chi connectivity index (χ2v) is 2.88. The highest BCUT2D eigenvalue weighted by atomic mass is 16.5. The van der Waals surface area contributed by atoms with Gasteiger partial charge in [-0.2, -0.15) is 4.65 Å². The predicted octanol–water partition coefficient (Wildman–Crippen LogP) is 1.85. The predicted molar refractivity (Wildman–Crippen MR) is 44.8 cm³/mol. The summed E-state index contributed by atoms with van der Waals surface area (Å²) in [4.78, 5) is 0. The molecule has 0 bridgehead atoms. The van der Waals surface area contributed by atoms with Crippen molar-refractivity contribution < 1.29 is 15.3 Å². The van der Waals surface area contributed by atoms with Crippen LogP contribution >= 0.6 is 0 Å². The topological polar surface area (TPSA) is 50.2 Å². The number of hydrogen-bond acceptors (Lipinski definition) is 2. The first-order valence-corrected chi connectivity index (χ1v) is 4.20. The molecule has 0 spiro atoms. The van der Waals surface area contributed by atoms with Crippen molar-refractivity contribution in [2.75, 3.05) is 13.1 Å². The Morgan fingerprint density at radius 3 is 1.64 bits per heavy atom. The Morgan fingerprint density at radius 2 is 1.55 bits per heavy atom. The van der Waals surface area contributed by atoms with Gasteiger partial charge in [0.1, 0.15) is 19.1 Å². The summed E-state index contributed by atoms with van der Waals surface area (Å²) in [7, 11) is 0. The van der Waals surface area contributed by atoms with E-state index in [9.17, 15) is 5.21 Å². The van der Waals surface area contributed by atoms with Gasteiger partial charge in [0.25, 0.3) is 0 Å². The standard InChI is InChI=1S/C8H20NO.H2O/c1-5-8(4)9(10,6-2)7-3;/h8,10H,5-7H2,1-4H3;1H2/q+1;/p-1. The Balaban J connectivity index is 0. The van der Waals surface area contributed by atoms with E-state index in [-0.39, 0.29) is 10.1 Å². The second-order valence-electron chi connectivity index (χ2n) is 2.88. The first-order valence-electron chi connectivity index (χ1n) is 4.20. The molecule has 0 saturated carbocycles. The van der Waals surface area contributed by atoms with E-state index in [1.165, 1.54) is 0 Å². The van der Waals surface area contributed by atoms with Crippen molar-refractivity contribution in [3.8, 4) is 0 Å². The van der Waals surface area contributed by atoms with Crippen molar-refractivity contribution >= 4 is 0 Å². The summed E-state index contributed by atoms with van der Waals surface area (Å²) in [5, 5.41) is 9.83. The zero-order valence-corrected chi connectivity index (χ0v) is 8.04. The summed E-state index contributed by atoms with van der Waals surface area (Å²) in [6, 6.07) is 0.370. The number of nitrogens with zero attached hydrogens (tertiary/aromatic N) is 1. The van der Waals surface area contributed by atoms with Crippen LogP contribution in [0.25, 0.3) is 0 Å². The molecule has 11 heavy (non-hydrogen) atoms. The van der Waals surface area contributed by atoms with Crippen molar-refractivity contribution in [1.29, 1.82) is 0 Å². The first-order chi connectivity index (χ1) is 4.60. The Bertz CT molecular complexity index is 92.1. The van der Waals surface area contributed by atoms with Crippen LogP contribution in [-0.4, -0.2) is 34.5 Å². The third-order valence-electron chi connectivity index (χ3n) is 2.51. The Labute approximate surface area is 69.5 Å². The average Bonchev–Trinajstić information content (AvgIpc) is 2.01. The van der Waals surface area contributed by atoms with E-state index in [0.717, 1.165) is 19.5 Å². The zero-order chi connectivity index (χ0) is 8.20. The molecule has 2 N–H and O–H groups in total. The lowest BCUT2D eigenvalue weighted by molar-refractivity contribution is -1.12. The summed E-state index contributed by atoms with van der Waals surface area (Å²) in [5.41, 5.74) is 0. The average molecular weight is 163 g/mol. The van der Waals surface area contributed by atoms with Crippen LogP contribution < -0.4 is 0 Å². The molecule has 3 nitrogen and oxygen atoms in total. The minimum atomic E-state index is 0. The molecule has 70 valence electrons. The van der Waals surface area contributed by atoms with Crippen LogP contribution in [-0.2, 0) is 0 Å². The fourth-order valence-electron chi connectivity index (χ4n) is 1.19.